The van der Waals surface area contributed by atoms with Gasteiger partial charge in [-0.3, -0.25) is 19.3 Å². The summed E-state index contributed by atoms with van der Waals surface area (Å²) < 4.78 is 5.47. The zero-order valence-corrected chi connectivity index (χ0v) is 20.4. The van der Waals surface area contributed by atoms with Crippen LogP contribution in [0.3, 0.4) is 0 Å². The second kappa shape index (κ2) is 10.5. The number of nitrogens with zero attached hydrogens (tertiary/aromatic N) is 1. The van der Waals surface area contributed by atoms with Crippen LogP contribution >= 0.6 is 0 Å². The number of aliphatic hydroxyl groups is 1. The van der Waals surface area contributed by atoms with E-state index in [1.807, 2.05) is 38.1 Å². The summed E-state index contributed by atoms with van der Waals surface area (Å²) in [6.07, 6.45) is 0.845. The number of amides is 2. The van der Waals surface area contributed by atoms with E-state index in [1.54, 1.807) is 48.5 Å². The summed E-state index contributed by atoms with van der Waals surface area (Å²) in [4.78, 5) is 39.4. The Labute approximate surface area is 210 Å². The summed E-state index contributed by atoms with van der Waals surface area (Å²) in [6, 6.07) is 20.2. The van der Waals surface area contributed by atoms with Crippen molar-refractivity contribution in [1.29, 1.82) is 0 Å². The van der Waals surface area contributed by atoms with Crippen LogP contribution in [0.2, 0.25) is 0 Å². The van der Waals surface area contributed by atoms with E-state index in [2.05, 4.69) is 5.32 Å². The molecular formula is C29H28N2O5. The molecule has 0 saturated carbocycles. The summed E-state index contributed by atoms with van der Waals surface area (Å²) >= 11 is 0. The molecule has 3 aromatic carbocycles. The Kier molecular flexibility index (Phi) is 7.20. The number of nitrogens with one attached hydrogen (secondary N) is 1. The molecule has 184 valence electrons. The number of benzene rings is 3. The molecule has 1 unspecified atom stereocenters. The zero-order valence-electron chi connectivity index (χ0n) is 20.4. The molecule has 2 amide bonds. The van der Waals surface area contributed by atoms with Crippen LogP contribution < -0.4 is 15.0 Å². The molecule has 7 heteroatoms. The third kappa shape index (κ3) is 4.86. The molecule has 1 saturated heterocycles. The maximum atomic E-state index is 13.3. The predicted octanol–water partition coefficient (Wildman–Crippen LogP) is 5.23. The fourth-order valence-electron chi connectivity index (χ4n) is 4.29. The summed E-state index contributed by atoms with van der Waals surface area (Å²) in [5.41, 5.74) is 3.28. The monoisotopic (exact) mass is 484 g/mol. The van der Waals surface area contributed by atoms with Crippen molar-refractivity contribution in [3.63, 3.8) is 0 Å². The van der Waals surface area contributed by atoms with E-state index in [-0.39, 0.29) is 17.2 Å². The van der Waals surface area contributed by atoms with Crippen molar-refractivity contribution >= 4 is 34.7 Å². The largest absolute Gasteiger partial charge is 0.507 e. The van der Waals surface area contributed by atoms with Gasteiger partial charge in [-0.05, 0) is 73.0 Å². The van der Waals surface area contributed by atoms with Gasteiger partial charge in [0, 0.05) is 23.9 Å². The van der Waals surface area contributed by atoms with Crippen LogP contribution in [0.25, 0.3) is 5.76 Å². The van der Waals surface area contributed by atoms with Crippen molar-refractivity contribution in [2.45, 2.75) is 33.2 Å². The maximum absolute atomic E-state index is 13.3. The number of Topliss-reactive ketones (excluding diaryl/α,β-unsaturated/α-hetero) is 1. The van der Waals surface area contributed by atoms with Gasteiger partial charge in [-0.15, -0.1) is 0 Å². The summed E-state index contributed by atoms with van der Waals surface area (Å²) in [6.45, 7) is 5.84. The lowest BCUT2D eigenvalue weighted by molar-refractivity contribution is -0.132. The molecule has 1 fully saturated rings. The first-order valence-electron chi connectivity index (χ1n) is 11.8. The molecule has 36 heavy (non-hydrogen) atoms. The molecule has 0 bridgehead atoms. The Morgan fingerprint density at radius 1 is 0.944 bits per heavy atom. The van der Waals surface area contributed by atoms with Crippen molar-refractivity contribution in [2.24, 2.45) is 0 Å². The lowest BCUT2D eigenvalue weighted by Gasteiger charge is -2.26. The van der Waals surface area contributed by atoms with Gasteiger partial charge in [-0.1, -0.05) is 31.2 Å². The molecule has 1 aliphatic rings. The van der Waals surface area contributed by atoms with E-state index in [0.717, 1.165) is 12.0 Å². The van der Waals surface area contributed by atoms with Gasteiger partial charge in [0.1, 0.15) is 11.5 Å². The molecular weight excluding hydrogens is 456 g/mol. The third-order valence-corrected chi connectivity index (χ3v) is 6.05. The van der Waals surface area contributed by atoms with E-state index in [1.165, 1.54) is 11.8 Å². The molecule has 0 aromatic heterocycles. The minimum absolute atomic E-state index is 0.0133. The number of hydrogen-bond acceptors (Lipinski definition) is 5. The van der Waals surface area contributed by atoms with E-state index in [0.29, 0.717) is 34.9 Å². The van der Waals surface area contributed by atoms with Crippen LogP contribution in [0.4, 0.5) is 11.4 Å². The van der Waals surface area contributed by atoms with Crippen LogP contribution in [0, 0.1) is 0 Å². The number of hydrogen-bond donors (Lipinski definition) is 2. The zero-order chi connectivity index (χ0) is 25.8. The van der Waals surface area contributed by atoms with Crippen LogP contribution in [-0.2, 0) is 20.8 Å². The number of carbonyl (C=O) groups is 3. The molecule has 0 aliphatic carbocycles. The lowest BCUT2D eigenvalue weighted by atomic mass is 9.94. The molecule has 7 nitrogen and oxygen atoms in total. The number of ether oxygens (including phenoxy) is 1. The van der Waals surface area contributed by atoms with Gasteiger partial charge in [0.05, 0.1) is 18.2 Å². The fourth-order valence-corrected chi connectivity index (χ4v) is 4.29. The van der Waals surface area contributed by atoms with Gasteiger partial charge in [-0.25, -0.2) is 0 Å². The number of anilines is 2. The minimum Gasteiger partial charge on any atom is -0.507 e. The Morgan fingerprint density at radius 2 is 1.58 bits per heavy atom. The molecule has 0 radical (unpaired) electrons. The van der Waals surface area contributed by atoms with Crippen molar-refractivity contribution in [1.82, 2.24) is 0 Å². The van der Waals surface area contributed by atoms with Crippen molar-refractivity contribution < 1.29 is 24.2 Å². The van der Waals surface area contributed by atoms with E-state index in [9.17, 15) is 19.5 Å². The Bertz CT molecular complexity index is 1310. The highest BCUT2D eigenvalue weighted by molar-refractivity contribution is 6.51. The van der Waals surface area contributed by atoms with Gasteiger partial charge >= 0.3 is 0 Å². The van der Waals surface area contributed by atoms with E-state index >= 15 is 0 Å². The van der Waals surface area contributed by atoms with Gasteiger partial charge < -0.3 is 15.2 Å². The summed E-state index contributed by atoms with van der Waals surface area (Å²) in [5.74, 6) is -1.33. The lowest BCUT2D eigenvalue weighted by Crippen LogP contribution is -2.29. The smallest absolute Gasteiger partial charge is 0.300 e. The highest BCUT2D eigenvalue weighted by Gasteiger charge is 2.46. The normalized spacial score (nSPS) is 16.8. The number of carbonyl (C=O) groups excluding carboxylic acids is 3. The molecule has 4 rings (SSSR count). The number of aliphatic hydroxyl groups excluding tert-OH is 1. The van der Waals surface area contributed by atoms with Crippen LogP contribution in [0.5, 0.6) is 5.75 Å². The minimum atomic E-state index is -0.825. The average Bonchev–Trinajstić information content (AvgIpc) is 3.14. The van der Waals surface area contributed by atoms with E-state index in [4.69, 9.17) is 4.74 Å². The highest BCUT2D eigenvalue weighted by atomic mass is 16.5. The SMILES string of the molecule is CCOc1ccc(/C(O)=C2\C(=O)C(=O)N(c3ccc(NC(C)=O)cc3)C2c2ccc(CC)cc2)cc1. The first-order valence-corrected chi connectivity index (χ1v) is 11.8. The number of aryl methyl sites for hydroxylation is 1. The first-order chi connectivity index (χ1) is 17.3. The number of ketones is 1. The fraction of sp³-hybridized carbons (Fsp3) is 0.207. The molecule has 2 N–H and O–H groups in total. The quantitative estimate of drug-likeness (QED) is 0.272. The van der Waals surface area contributed by atoms with Crippen LogP contribution in [0.15, 0.2) is 78.4 Å². The van der Waals surface area contributed by atoms with Crippen molar-refractivity contribution in [3.05, 3.63) is 95.1 Å². The molecule has 1 atom stereocenters. The molecule has 0 spiro atoms. The Balaban J connectivity index is 1.83. The van der Waals surface area contributed by atoms with Crippen LogP contribution in [-0.4, -0.2) is 29.3 Å². The third-order valence-electron chi connectivity index (χ3n) is 6.05. The maximum Gasteiger partial charge on any atom is 0.300 e. The molecule has 3 aromatic rings. The highest BCUT2D eigenvalue weighted by Crippen LogP contribution is 2.42. The van der Waals surface area contributed by atoms with Gasteiger partial charge in [0.2, 0.25) is 5.91 Å². The standard InChI is InChI=1S/C29H28N2O5/c1-4-19-6-8-20(9-7-19)26-25(27(33)21-10-16-24(17-11-21)36-5-2)28(34)29(35)31(26)23-14-12-22(13-15-23)30-18(3)32/h6-17,26,33H,4-5H2,1-3H3,(H,30,32)/b27-25+. The molecule has 1 heterocycles. The Hall–Kier alpha value is -4.39. The van der Waals surface area contributed by atoms with Crippen molar-refractivity contribution in [3.8, 4) is 5.75 Å². The average molecular weight is 485 g/mol. The molecule has 1 aliphatic heterocycles. The summed E-state index contributed by atoms with van der Waals surface area (Å²) in [7, 11) is 0. The van der Waals surface area contributed by atoms with Gasteiger partial charge in [-0.2, -0.15) is 0 Å². The topological polar surface area (TPSA) is 95.9 Å². The first kappa shape index (κ1) is 24.7. The second-order valence-corrected chi connectivity index (χ2v) is 8.45. The number of rotatable bonds is 7. The van der Waals surface area contributed by atoms with Gasteiger partial charge in [0.15, 0.2) is 0 Å². The Morgan fingerprint density at radius 3 is 2.14 bits per heavy atom. The van der Waals surface area contributed by atoms with E-state index < -0.39 is 17.7 Å². The van der Waals surface area contributed by atoms with Gasteiger partial charge in [0.25, 0.3) is 11.7 Å². The summed E-state index contributed by atoms with van der Waals surface area (Å²) in [5, 5.41) is 14.0. The predicted molar refractivity (Wildman–Crippen MR) is 139 cm³/mol. The second-order valence-electron chi connectivity index (χ2n) is 8.45. The van der Waals surface area contributed by atoms with Crippen LogP contribution in [0.1, 0.15) is 43.5 Å². The van der Waals surface area contributed by atoms with Crippen molar-refractivity contribution in [2.75, 3.05) is 16.8 Å².